The zero-order valence-corrected chi connectivity index (χ0v) is 11.2. The maximum absolute atomic E-state index is 12.2. The van der Waals surface area contributed by atoms with Crippen LogP contribution in [-0.4, -0.2) is 36.7 Å². The highest BCUT2D eigenvalue weighted by Crippen LogP contribution is 2.14. The summed E-state index contributed by atoms with van der Waals surface area (Å²) in [6.07, 6.45) is -2.43. The Balaban J connectivity index is 2.72. The van der Waals surface area contributed by atoms with Crippen LogP contribution in [0.3, 0.4) is 0 Å². The Morgan fingerprint density at radius 3 is 2.35 bits per heavy atom. The van der Waals surface area contributed by atoms with Crippen molar-refractivity contribution in [2.75, 3.05) is 13.6 Å². The number of halogens is 3. The Morgan fingerprint density at radius 2 is 1.88 bits per heavy atom. The van der Waals surface area contributed by atoms with Gasteiger partial charge in [0.15, 0.2) is 5.78 Å². The molecule has 5 heteroatoms. The van der Waals surface area contributed by atoms with Crippen LogP contribution in [-0.2, 0) is 0 Å². The van der Waals surface area contributed by atoms with Crippen LogP contribution in [0.1, 0.15) is 17.3 Å². The first-order valence-corrected chi connectivity index (χ1v) is 5.99. The van der Waals surface area contributed by atoms with Gasteiger partial charge in [-0.1, -0.05) is 28.1 Å². The van der Waals surface area contributed by atoms with Crippen molar-refractivity contribution in [3.63, 3.8) is 0 Å². The predicted octanol–water partition coefficient (Wildman–Crippen LogP) is 3.22. The van der Waals surface area contributed by atoms with Gasteiger partial charge in [-0.2, -0.15) is 0 Å². The molecule has 94 valence electrons. The van der Waals surface area contributed by atoms with E-state index in [0.717, 1.165) is 4.47 Å². The molecule has 1 unspecified atom stereocenters. The minimum atomic E-state index is -2.43. The number of benzene rings is 1. The van der Waals surface area contributed by atoms with Crippen molar-refractivity contribution in [3.05, 3.63) is 34.3 Å². The number of carbonyl (C=O) groups excluding carboxylic acids is 1. The molecule has 1 aromatic rings. The minimum Gasteiger partial charge on any atom is -0.292 e. The second kappa shape index (κ2) is 6.21. The van der Waals surface area contributed by atoms with Crippen LogP contribution in [0.5, 0.6) is 0 Å². The lowest BCUT2D eigenvalue weighted by atomic mass is 10.0. The van der Waals surface area contributed by atoms with Crippen LogP contribution >= 0.6 is 15.9 Å². The number of likely N-dealkylation sites (N-methyl/N-ethyl adjacent to an activating group) is 1. The van der Waals surface area contributed by atoms with Gasteiger partial charge < -0.3 is 0 Å². The van der Waals surface area contributed by atoms with Gasteiger partial charge in [0.25, 0.3) is 6.43 Å². The SMILES string of the molecule is CC(C(=O)c1ccc(Br)cc1)N(C)CC(F)F. The van der Waals surface area contributed by atoms with Gasteiger partial charge in [-0.25, -0.2) is 8.78 Å². The average Bonchev–Trinajstić information content (AvgIpc) is 2.27. The molecule has 0 heterocycles. The van der Waals surface area contributed by atoms with E-state index < -0.39 is 19.0 Å². The summed E-state index contributed by atoms with van der Waals surface area (Å²) < 4.78 is 25.3. The molecule has 0 fully saturated rings. The molecular formula is C12H14BrF2NO. The van der Waals surface area contributed by atoms with Crippen molar-refractivity contribution in [1.29, 1.82) is 0 Å². The maximum atomic E-state index is 12.2. The maximum Gasteiger partial charge on any atom is 0.251 e. The summed E-state index contributed by atoms with van der Waals surface area (Å²) >= 11 is 3.27. The van der Waals surface area contributed by atoms with E-state index in [1.54, 1.807) is 31.2 Å². The molecule has 0 bridgehead atoms. The third-order valence-corrected chi connectivity index (χ3v) is 3.12. The molecule has 0 saturated heterocycles. The zero-order chi connectivity index (χ0) is 13.0. The molecule has 0 saturated carbocycles. The van der Waals surface area contributed by atoms with E-state index in [-0.39, 0.29) is 5.78 Å². The first-order valence-electron chi connectivity index (χ1n) is 5.20. The van der Waals surface area contributed by atoms with Crippen molar-refractivity contribution in [2.24, 2.45) is 0 Å². The van der Waals surface area contributed by atoms with Gasteiger partial charge in [0, 0.05) is 10.0 Å². The molecule has 2 nitrogen and oxygen atoms in total. The number of Topliss-reactive ketones (excluding diaryl/α,β-unsaturated/α-hetero) is 1. The van der Waals surface area contributed by atoms with Crippen molar-refractivity contribution in [2.45, 2.75) is 19.4 Å². The second-order valence-electron chi connectivity index (χ2n) is 3.88. The average molecular weight is 306 g/mol. The summed E-state index contributed by atoms with van der Waals surface area (Å²) in [5.74, 6) is -0.152. The second-order valence-corrected chi connectivity index (χ2v) is 4.79. The number of alkyl halides is 2. The van der Waals surface area contributed by atoms with Crippen LogP contribution < -0.4 is 0 Å². The molecule has 1 rings (SSSR count). The number of carbonyl (C=O) groups is 1. The number of hydrogen-bond acceptors (Lipinski definition) is 2. The van der Waals surface area contributed by atoms with Gasteiger partial charge in [0.05, 0.1) is 12.6 Å². The monoisotopic (exact) mass is 305 g/mol. The van der Waals surface area contributed by atoms with Crippen LogP contribution in [0.25, 0.3) is 0 Å². The van der Waals surface area contributed by atoms with E-state index in [1.807, 2.05) is 0 Å². The third kappa shape index (κ3) is 4.16. The highest BCUT2D eigenvalue weighted by molar-refractivity contribution is 9.10. The Kier molecular flexibility index (Phi) is 5.21. The molecule has 1 atom stereocenters. The predicted molar refractivity (Wildman–Crippen MR) is 66.6 cm³/mol. The summed E-state index contributed by atoms with van der Waals surface area (Å²) in [6, 6.07) is 6.32. The van der Waals surface area contributed by atoms with Gasteiger partial charge in [-0.15, -0.1) is 0 Å². The van der Waals surface area contributed by atoms with Crippen LogP contribution in [0, 0.1) is 0 Å². The van der Waals surface area contributed by atoms with Gasteiger partial charge in [-0.3, -0.25) is 9.69 Å². The zero-order valence-electron chi connectivity index (χ0n) is 9.66. The summed E-state index contributed by atoms with van der Waals surface area (Å²) in [7, 11) is 1.52. The fraction of sp³-hybridized carbons (Fsp3) is 0.417. The molecular weight excluding hydrogens is 292 g/mol. The van der Waals surface area contributed by atoms with Crippen molar-refractivity contribution in [1.82, 2.24) is 4.90 Å². The molecule has 0 aliphatic carbocycles. The topological polar surface area (TPSA) is 20.3 Å². The minimum absolute atomic E-state index is 0.152. The lowest BCUT2D eigenvalue weighted by Crippen LogP contribution is -2.38. The molecule has 0 N–H and O–H groups in total. The molecule has 0 aromatic heterocycles. The van der Waals surface area contributed by atoms with Crippen molar-refractivity contribution in [3.8, 4) is 0 Å². The lowest BCUT2D eigenvalue weighted by Gasteiger charge is -2.23. The molecule has 0 aliphatic rings. The fourth-order valence-corrected chi connectivity index (χ4v) is 1.70. The fourth-order valence-electron chi connectivity index (χ4n) is 1.43. The number of rotatable bonds is 5. The molecule has 17 heavy (non-hydrogen) atoms. The summed E-state index contributed by atoms with van der Waals surface area (Å²) in [6.45, 7) is 1.23. The van der Waals surface area contributed by atoms with E-state index in [2.05, 4.69) is 15.9 Å². The number of nitrogens with zero attached hydrogens (tertiary/aromatic N) is 1. The van der Waals surface area contributed by atoms with Crippen molar-refractivity contribution < 1.29 is 13.6 Å². The smallest absolute Gasteiger partial charge is 0.251 e. The normalized spacial score (nSPS) is 13.1. The first kappa shape index (κ1) is 14.3. The molecule has 1 aromatic carbocycles. The molecule has 0 radical (unpaired) electrons. The van der Waals surface area contributed by atoms with Gasteiger partial charge in [0.2, 0.25) is 0 Å². The van der Waals surface area contributed by atoms with E-state index >= 15 is 0 Å². The Bertz CT molecular complexity index is 381. The van der Waals surface area contributed by atoms with E-state index in [1.165, 1.54) is 11.9 Å². The summed E-state index contributed by atoms with van der Waals surface area (Å²) in [5, 5.41) is 0. The van der Waals surface area contributed by atoms with E-state index in [4.69, 9.17) is 0 Å². The Hall–Kier alpha value is -0.810. The number of ketones is 1. The lowest BCUT2D eigenvalue weighted by molar-refractivity contribution is 0.0679. The molecule has 0 amide bonds. The molecule has 0 aliphatic heterocycles. The van der Waals surface area contributed by atoms with Crippen LogP contribution in [0.2, 0.25) is 0 Å². The first-order chi connectivity index (χ1) is 7.91. The van der Waals surface area contributed by atoms with Crippen LogP contribution in [0.4, 0.5) is 8.78 Å². The Labute approximate surface area is 108 Å². The van der Waals surface area contributed by atoms with E-state index in [9.17, 15) is 13.6 Å². The Morgan fingerprint density at radius 1 is 1.35 bits per heavy atom. The van der Waals surface area contributed by atoms with E-state index in [0.29, 0.717) is 5.56 Å². The summed E-state index contributed by atoms with van der Waals surface area (Å²) in [4.78, 5) is 13.3. The van der Waals surface area contributed by atoms with Gasteiger partial charge in [0.1, 0.15) is 0 Å². The van der Waals surface area contributed by atoms with Gasteiger partial charge >= 0.3 is 0 Å². The van der Waals surface area contributed by atoms with Crippen LogP contribution in [0.15, 0.2) is 28.7 Å². The summed E-state index contributed by atoms with van der Waals surface area (Å²) in [5.41, 5.74) is 0.529. The van der Waals surface area contributed by atoms with Crippen molar-refractivity contribution >= 4 is 21.7 Å². The third-order valence-electron chi connectivity index (χ3n) is 2.60. The van der Waals surface area contributed by atoms with Gasteiger partial charge in [-0.05, 0) is 26.1 Å². The molecule has 0 spiro atoms. The standard InChI is InChI=1S/C12H14BrF2NO/c1-8(16(2)7-11(14)15)12(17)9-3-5-10(13)6-4-9/h3-6,8,11H,7H2,1-2H3. The number of hydrogen-bond donors (Lipinski definition) is 0. The highest BCUT2D eigenvalue weighted by Gasteiger charge is 2.21. The largest absolute Gasteiger partial charge is 0.292 e. The quantitative estimate of drug-likeness (QED) is 0.779. The highest BCUT2D eigenvalue weighted by atomic mass is 79.9.